The zero-order valence-electron chi connectivity index (χ0n) is 13.4. The Morgan fingerprint density at radius 2 is 1.86 bits per heavy atom. The monoisotopic (exact) mass is 292 g/mol. The molecule has 0 atom stereocenters. The summed E-state index contributed by atoms with van der Waals surface area (Å²) >= 11 is 0. The van der Waals surface area contributed by atoms with Gasteiger partial charge in [0.05, 0.1) is 13.3 Å². The van der Waals surface area contributed by atoms with E-state index in [9.17, 15) is 5.11 Å². The highest BCUT2D eigenvalue weighted by Gasteiger charge is 2.46. The number of aliphatic hydroxyl groups is 1. The summed E-state index contributed by atoms with van der Waals surface area (Å²) < 4.78 is 7.41. The molecule has 2 fully saturated rings. The summed E-state index contributed by atoms with van der Waals surface area (Å²) in [7, 11) is 1.67. The van der Waals surface area contributed by atoms with Gasteiger partial charge in [0, 0.05) is 6.54 Å². The quantitative estimate of drug-likeness (QED) is 0.922. The first-order valence-corrected chi connectivity index (χ1v) is 8.45. The Bertz CT molecular complexity index is 479. The Kier molecular flexibility index (Phi) is 4.00. The molecule has 0 saturated heterocycles. The van der Waals surface area contributed by atoms with E-state index in [2.05, 4.69) is 12.0 Å². The van der Waals surface area contributed by atoms with Crippen molar-refractivity contribution in [2.24, 2.45) is 5.41 Å². The SMILES string of the molecule is CCCn1ncc(OC)c1C1(O)CCC2(CCCC2)CC1. The summed E-state index contributed by atoms with van der Waals surface area (Å²) in [5.74, 6) is 0.744. The van der Waals surface area contributed by atoms with Crippen molar-refractivity contribution in [3.05, 3.63) is 11.9 Å². The van der Waals surface area contributed by atoms with Gasteiger partial charge in [-0.3, -0.25) is 4.68 Å². The van der Waals surface area contributed by atoms with Crippen LogP contribution in [0.15, 0.2) is 6.20 Å². The van der Waals surface area contributed by atoms with E-state index in [4.69, 9.17) is 4.74 Å². The van der Waals surface area contributed by atoms with Crippen molar-refractivity contribution in [2.75, 3.05) is 7.11 Å². The molecular formula is C17H28N2O2. The first kappa shape index (κ1) is 14.9. The number of methoxy groups -OCH3 is 1. The smallest absolute Gasteiger partial charge is 0.162 e. The molecule has 1 aromatic rings. The fourth-order valence-electron chi connectivity index (χ4n) is 4.42. The van der Waals surface area contributed by atoms with Crippen molar-refractivity contribution < 1.29 is 9.84 Å². The predicted molar refractivity (Wildman–Crippen MR) is 82.3 cm³/mol. The summed E-state index contributed by atoms with van der Waals surface area (Å²) in [6.45, 7) is 2.97. The van der Waals surface area contributed by atoms with Crippen LogP contribution in [0.2, 0.25) is 0 Å². The second-order valence-corrected chi connectivity index (χ2v) is 7.02. The Hall–Kier alpha value is -1.03. The van der Waals surface area contributed by atoms with Gasteiger partial charge < -0.3 is 9.84 Å². The molecule has 3 rings (SSSR count). The van der Waals surface area contributed by atoms with E-state index in [0.29, 0.717) is 5.41 Å². The van der Waals surface area contributed by atoms with Gasteiger partial charge in [-0.15, -0.1) is 0 Å². The maximum absolute atomic E-state index is 11.3. The third-order valence-corrected chi connectivity index (χ3v) is 5.70. The fourth-order valence-corrected chi connectivity index (χ4v) is 4.42. The van der Waals surface area contributed by atoms with Gasteiger partial charge in [0.2, 0.25) is 0 Å². The number of hydrogen-bond acceptors (Lipinski definition) is 3. The predicted octanol–water partition coefficient (Wildman–Crippen LogP) is 3.62. The minimum atomic E-state index is -0.759. The molecule has 1 aromatic heterocycles. The topological polar surface area (TPSA) is 47.3 Å². The maximum atomic E-state index is 11.3. The van der Waals surface area contributed by atoms with Crippen LogP contribution in [0.4, 0.5) is 0 Å². The molecule has 0 unspecified atom stereocenters. The Morgan fingerprint density at radius 1 is 1.19 bits per heavy atom. The molecule has 0 bridgehead atoms. The summed E-state index contributed by atoms with van der Waals surface area (Å²) in [4.78, 5) is 0. The van der Waals surface area contributed by atoms with Crippen LogP contribution in [0.1, 0.15) is 70.4 Å². The first-order valence-electron chi connectivity index (χ1n) is 8.45. The third-order valence-electron chi connectivity index (χ3n) is 5.70. The largest absolute Gasteiger partial charge is 0.493 e. The minimum absolute atomic E-state index is 0.523. The molecule has 2 aliphatic carbocycles. The average molecular weight is 292 g/mol. The van der Waals surface area contributed by atoms with Crippen molar-refractivity contribution in [2.45, 2.75) is 76.9 Å². The van der Waals surface area contributed by atoms with E-state index < -0.39 is 5.60 Å². The lowest BCUT2D eigenvalue weighted by Gasteiger charge is -2.42. The third kappa shape index (κ3) is 2.59. The Morgan fingerprint density at radius 3 is 2.43 bits per heavy atom. The number of ether oxygens (including phenoxy) is 1. The van der Waals surface area contributed by atoms with Gasteiger partial charge in [0.25, 0.3) is 0 Å². The van der Waals surface area contributed by atoms with Crippen LogP contribution in [0, 0.1) is 5.41 Å². The lowest BCUT2D eigenvalue weighted by Crippen LogP contribution is -2.38. The fraction of sp³-hybridized carbons (Fsp3) is 0.824. The number of nitrogens with zero attached hydrogens (tertiary/aromatic N) is 2. The van der Waals surface area contributed by atoms with Crippen molar-refractivity contribution in [1.29, 1.82) is 0 Å². The van der Waals surface area contributed by atoms with E-state index in [0.717, 1.165) is 50.1 Å². The molecule has 1 spiro atoms. The molecule has 21 heavy (non-hydrogen) atoms. The van der Waals surface area contributed by atoms with Crippen LogP contribution in [0.5, 0.6) is 5.75 Å². The molecule has 1 heterocycles. The van der Waals surface area contributed by atoms with Crippen LogP contribution in [-0.4, -0.2) is 22.0 Å². The highest BCUT2D eigenvalue weighted by atomic mass is 16.5. The van der Waals surface area contributed by atoms with Crippen LogP contribution in [0.3, 0.4) is 0 Å². The van der Waals surface area contributed by atoms with Crippen LogP contribution < -0.4 is 4.74 Å². The van der Waals surface area contributed by atoms with E-state index in [-0.39, 0.29) is 0 Å². The molecule has 1 N–H and O–H groups in total. The summed E-state index contributed by atoms with van der Waals surface area (Å²) in [6.07, 6.45) is 12.2. The van der Waals surface area contributed by atoms with Gasteiger partial charge in [-0.1, -0.05) is 19.8 Å². The Labute approximate surface area is 127 Å². The summed E-state index contributed by atoms with van der Waals surface area (Å²) in [6, 6.07) is 0. The molecule has 4 heteroatoms. The minimum Gasteiger partial charge on any atom is -0.493 e. The molecule has 0 aromatic carbocycles. The van der Waals surface area contributed by atoms with E-state index in [1.54, 1.807) is 13.3 Å². The maximum Gasteiger partial charge on any atom is 0.162 e. The van der Waals surface area contributed by atoms with Crippen molar-refractivity contribution in [3.8, 4) is 5.75 Å². The van der Waals surface area contributed by atoms with Gasteiger partial charge in [-0.05, 0) is 50.4 Å². The Balaban J connectivity index is 1.84. The number of hydrogen-bond donors (Lipinski definition) is 1. The van der Waals surface area contributed by atoms with E-state index in [1.807, 2.05) is 4.68 Å². The highest BCUT2D eigenvalue weighted by Crippen LogP contribution is 2.54. The summed E-state index contributed by atoms with van der Waals surface area (Å²) in [5.41, 5.74) is 0.666. The zero-order chi connectivity index (χ0) is 14.9. The lowest BCUT2D eigenvalue weighted by atomic mass is 9.67. The second kappa shape index (κ2) is 5.64. The van der Waals surface area contributed by atoms with Gasteiger partial charge in [-0.25, -0.2) is 0 Å². The number of aromatic nitrogens is 2. The van der Waals surface area contributed by atoms with Crippen molar-refractivity contribution >= 4 is 0 Å². The van der Waals surface area contributed by atoms with Gasteiger partial charge >= 0.3 is 0 Å². The average Bonchev–Trinajstić information content (AvgIpc) is 3.11. The molecule has 4 nitrogen and oxygen atoms in total. The van der Waals surface area contributed by atoms with Gasteiger partial charge in [-0.2, -0.15) is 5.10 Å². The lowest BCUT2D eigenvalue weighted by molar-refractivity contribution is -0.0455. The highest BCUT2D eigenvalue weighted by molar-refractivity contribution is 5.31. The molecule has 0 aliphatic heterocycles. The van der Waals surface area contributed by atoms with Crippen LogP contribution in [-0.2, 0) is 12.1 Å². The normalized spacial score (nSPS) is 23.6. The molecule has 0 radical (unpaired) electrons. The summed E-state index contributed by atoms with van der Waals surface area (Å²) in [5, 5.41) is 15.7. The van der Waals surface area contributed by atoms with Gasteiger partial charge in [0.1, 0.15) is 11.3 Å². The zero-order valence-corrected chi connectivity index (χ0v) is 13.4. The van der Waals surface area contributed by atoms with Crippen LogP contribution >= 0.6 is 0 Å². The first-order chi connectivity index (χ1) is 10.1. The standard InChI is InChI=1S/C17H28N2O2/c1-3-12-19-15(14(21-2)13-18-19)17(20)10-8-16(9-11-17)6-4-5-7-16/h13,20H,3-12H2,1-2H3. The van der Waals surface area contributed by atoms with E-state index in [1.165, 1.54) is 25.7 Å². The van der Waals surface area contributed by atoms with E-state index >= 15 is 0 Å². The number of aryl methyl sites for hydroxylation is 1. The molecule has 118 valence electrons. The van der Waals surface area contributed by atoms with Crippen molar-refractivity contribution in [3.63, 3.8) is 0 Å². The molecule has 0 amide bonds. The van der Waals surface area contributed by atoms with Gasteiger partial charge in [0.15, 0.2) is 5.75 Å². The molecule has 2 aliphatic rings. The van der Waals surface area contributed by atoms with Crippen molar-refractivity contribution in [1.82, 2.24) is 9.78 Å². The van der Waals surface area contributed by atoms with Crippen LogP contribution in [0.25, 0.3) is 0 Å². The number of rotatable bonds is 4. The molecule has 2 saturated carbocycles. The molecular weight excluding hydrogens is 264 g/mol. The second-order valence-electron chi connectivity index (χ2n) is 7.02.